The van der Waals surface area contributed by atoms with Crippen LogP contribution in [0.3, 0.4) is 0 Å². The monoisotopic (exact) mass is 411 g/mol. The molecule has 0 bridgehead atoms. The zero-order valence-corrected chi connectivity index (χ0v) is 17.4. The lowest BCUT2D eigenvalue weighted by molar-refractivity contribution is 0.731. The summed E-state index contributed by atoms with van der Waals surface area (Å²) in [6.07, 6.45) is 3.04. The molecular formula is C23H21N7O. The van der Waals surface area contributed by atoms with Gasteiger partial charge in [0.15, 0.2) is 11.5 Å². The van der Waals surface area contributed by atoms with Crippen molar-refractivity contribution in [2.45, 2.75) is 26.8 Å². The molecule has 8 heteroatoms. The number of hydrogen-bond donors (Lipinski definition) is 2. The van der Waals surface area contributed by atoms with E-state index in [0.717, 1.165) is 16.8 Å². The van der Waals surface area contributed by atoms with Gasteiger partial charge in [-0.2, -0.15) is 0 Å². The van der Waals surface area contributed by atoms with Crippen molar-refractivity contribution in [3.05, 3.63) is 82.4 Å². The number of nitrogens with zero attached hydrogens (tertiary/aromatic N) is 5. The first-order valence-electron chi connectivity index (χ1n) is 10.0. The number of benzene rings is 2. The molecule has 1 unspecified atom stereocenters. The van der Waals surface area contributed by atoms with Gasteiger partial charge in [-0.1, -0.05) is 24.3 Å². The molecule has 154 valence electrons. The average Bonchev–Trinajstić information content (AvgIpc) is 3.23. The Bertz CT molecular complexity index is 1480. The molecule has 2 N–H and O–H groups in total. The summed E-state index contributed by atoms with van der Waals surface area (Å²) in [6.45, 7) is 5.90. The highest BCUT2D eigenvalue weighted by atomic mass is 16.1. The van der Waals surface area contributed by atoms with Crippen LogP contribution in [0, 0.1) is 13.8 Å². The van der Waals surface area contributed by atoms with Gasteiger partial charge < -0.3 is 10.3 Å². The van der Waals surface area contributed by atoms with Gasteiger partial charge in [0.25, 0.3) is 5.56 Å². The standard InChI is InChI=1S/C23H21N7O/c1-13-6-4-8-16(10-13)30-22(29-17-9-5-7-14(2)18(17)23(30)31)15(3)28-21-19-20(25-11-24-19)26-12-27-21/h4-12,15H,1-3H3,(H2,24,25,26,27,28). The molecular weight excluding hydrogens is 390 g/mol. The highest BCUT2D eigenvalue weighted by Gasteiger charge is 2.20. The van der Waals surface area contributed by atoms with Gasteiger partial charge in [-0.3, -0.25) is 9.36 Å². The fourth-order valence-corrected chi connectivity index (χ4v) is 3.86. The molecule has 0 radical (unpaired) electrons. The molecule has 0 saturated heterocycles. The molecule has 5 rings (SSSR count). The number of H-pyrrole nitrogens is 1. The molecule has 0 aliphatic rings. The van der Waals surface area contributed by atoms with Crippen molar-refractivity contribution in [2.75, 3.05) is 5.32 Å². The normalized spacial score (nSPS) is 12.4. The molecule has 1 atom stereocenters. The van der Waals surface area contributed by atoms with Crippen LogP contribution in [0.5, 0.6) is 0 Å². The Kier molecular flexibility index (Phi) is 4.47. The molecule has 0 aliphatic heterocycles. The summed E-state index contributed by atoms with van der Waals surface area (Å²) in [6, 6.07) is 13.3. The van der Waals surface area contributed by atoms with E-state index in [1.165, 1.54) is 6.33 Å². The molecule has 3 aromatic heterocycles. The van der Waals surface area contributed by atoms with E-state index in [0.29, 0.717) is 33.7 Å². The van der Waals surface area contributed by atoms with E-state index in [-0.39, 0.29) is 11.6 Å². The number of anilines is 1. The Morgan fingerprint density at radius 2 is 1.90 bits per heavy atom. The number of aryl methyl sites for hydroxylation is 2. The van der Waals surface area contributed by atoms with Crippen LogP contribution >= 0.6 is 0 Å². The highest BCUT2D eigenvalue weighted by Crippen LogP contribution is 2.24. The minimum atomic E-state index is -0.320. The van der Waals surface area contributed by atoms with Crippen LogP contribution in [-0.2, 0) is 0 Å². The van der Waals surface area contributed by atoms with Crippen molar-refractivity contribution >= 4 is 27.9 Å². The predicted octanol–water partition coefficient (Wildman–Crippen LogP) is 3.84. The molecule has 0 fully saturated rings. The molecule has 5 aromatic rings. The second-order valence-electron chi connectivity index (χ2n) is 7.61. The van der Waals surface area contributed by atoms with E-state index in [4.69, 9.17) is 4.98 Å². The summed E-state index contributed by atoms with van der Waals surface area (Å²) in [5.41, 5.74) is 4.60. The van der Waals surface area contributed by atoms with E-state index in [9.17, 15) is 4.79 Å². The van der Waals surface area contributed by atoms with Crippen molar-refractivity contribution in [1.82, 2.24) is 29.5 Å². The van der Waals surface area contributed by atoms with Crippen molar-refractivity contribution in [1.29, 1.82) is 0 Å². The Morgan fingerprint density at radius 1 is 1.06 bits per heavy atom. The Balaban J connectivity index is 1.72. The first-order valence-corrected chi connectivity index (χ1v) is 10.0. The van der Waals surface area contributed by atoms with Crippen molar-refractivity contribution in [2.24, 2.45) is 0 Å². The van der Waals surface area contributed by atoms with E-state index >= 15 is 0 Å². The van der Waals surface area contributed by atoms with Gasteiger partial charge in [-0.25, -0.2) is 19.9 Å². The molecule has 3 heterocycles. The lowest BCUT2D eigenvalue weighted by atomic mass is 10.1. The van der Waals surface area contributed by atoms with E-state index in [1.54, 1.807) is 10.9 Å². The zero-order chi connectivity index (χ0) is 21.5. The fourth-order valence-electron chi connectivity index (χ4n) is 3.86. The van der Waals surface area contributed by atoms with Crippen LogP contribution in [0.1, 0.15) is 29.9 Å². The predicted molar refractivity (Wildman–Crippen MR) is 121 cm³/mol. The second-order valence-corrected chi connectivity index (χ2v) is 7.61. The maximum absolute atomic E-state index is 13.7. The van der Waals surface area contributed by atoms with E-state index in [1.807, 2.05) is 63.2 Å². The van der Waals surface area contributed by atoms with Crippen LogP contribution in [0.15, 0.2) is 59.9 Å². The number of hydrogen-bond acceptors (Lipinski definition) is 6. The molecule has 31 heavy (non-hydrogen) atoms. The van der Waals surface area contributed by atoms with Gasteiger partial charge in [-0.15, -0.1) is 0 Å². The average molecular weight is 411 g/mol. The quantitative estimate of drug-likeness (QED) is 0.466. The second kappa shape index (κ2) is 7.32. The lowest BCUT2D eigenvalue weighted by Crippen LogP contribution is -2.28. The van der Waals surface area contributed by atoms with Crippen LogP contribution in [0.4, 0.5) is 5.82 Å². The fraction of sp³-hybridized carbons (Fsp3) is 0.174. The lowest BCUT2D eigenvalue weighted by Gasteiger charge is -2.20. The Morgan fingerprint density at radius 3 is 2.74 bits per heavy atom. The first kappa shape index (κ1) is 18.9. The SMILES string of the molecule is Cc1cccc(-n2c(C(C)Nc3ncnc4nc[nH]c34)nc3cccc(C)c3c2=O)c1. The number of fused-ring (bicyclic) bond motifs is 2. The summed E-state index contributed by atoms with van der Waals surface area (Å²) >= 11 is 0. The maximum Gasteiger partial charge on any atom is 0.266 e. The summed E-state index contributed by atoms with van der Waals surface area (Å²) in [7, 11) is 0. The molecule has 0 amide bonds. The minimum Gasteiger partial charge on any atom is -0.358 e. The summed E-state index contributed by atoms with van der Waals surface area (Å²) < 4.78 is 1.69. The smallest absolute Gasteiger partial charge is 0.266 e. The maximum atomic E-state index is 13.7. The molecule has 0 saturated carbocycles. The molecule has 0 aliphatic carbocycles. The largest absolute Gasteiger partial charge is 0.358 e. The van der Waals surface area contributed by atoms with Gasteiger partial charge in [0, 0.05) is 0 Å². The summed E-state index contributed by atoms with van der Waals surface area (Å²) in [4.78, 5) is 34.3. The van der Waals surface area contributed by atoms with Crippen LogP contribution in [0.25, 0.3) is 27.8 Å². The highest BCUT2D eigenvalue weighted by molar-refractivity contribution is 5.83. The van der Waals surface area contributed by atoms with Gasteiger partial charge in [-0.05, 0) is 50.1 Å². The van der Waals surface area contributed by atoms with Gasteiger partial charge >= 0.3 is 0 Å². The zero-order valence-electron chi connectivity index (χ0n) is 17.4. The van der Waals surface area contributed by atoms with Crippen LogP contribution in [0.2, 0.25) is 0 Å². The number of aromatic nitrogens is 6. The third-order valence-electron chi connectivity index (χ3n) is 5.36. The minimum absolute atomic E-state index is 0.0910. The Labute approximate surface area is 178 Å². The number of imidazole rings is 1. The third kappa shape index (κ3) is 3.22. The molecule has 2 aromatic carbocycles. The van der Waals surface area contributed by atoms with Gasteiger partial charge in [0.1, 0.15) is 17.7 Å². The topological polar surface area (TPSA) is 101 Å². The van der Waals surface area contributed by atoms with Gasteiger partial charge in [0.2, 0.25) is 0 Å². The third-order valence-corrected chi connectivity index (χ3v) is 5.36. The number of rotatable bonds is 4. The van der Waals surface area contributed by atoms with E-state index in [2.05, 4.69) is 25.3 Å². The van der Waals surface area contributed by atoms with Gasteiger partial charge in [0.05, 0.1) is 29.0 Å². The van der Waals surface area contributed by atoms with Crippen LogP contribution < -0.4 is 10.9 Å². The summed E-state index contributed by atoms with van der Waals surface area (Å²) in [5, 5.41) is 4.00. The van der Waals surface area contributed by atoms with E-state index < -0.39 is 0 Å². The summed E-state index contributed by atoms with van der Waals surface area (Å²) in [5.74, 6) is 1.20. The number of nitrogens with one attached hydrogen (secondary N) is 2. The van der Waals surface area contributed by atoms with Crippen molar-refractivity contribution in [3.8, 4) is 5.69 Å². The first-order chi connectivity index (χ1) is 15.0. The Hall–Kier alpha value is -4.07. The van der Waals surface area contributed by atoms with Crippen molar-refractivity contribution < 1.29 is 0 Å². The number of aromatic amines is 1. The molecule has 0 spiro atoms. The molecule has 8 nitrogen and oxygen atoms in total. The van der Waals surface area contributed by atoms with Crippen LogP contribution in [-0.4, -0.2) is 29.5 Å². The van der Waals surface area contributed by atoms with Crippen molar-refractivity contribution in [3.63, 3.8) is 0 Å².